The zero-order valence-corrected chi connectivity index (χ0v) is 23.2. The number of aromatic hydroxyl groups is 1. The summed E-state index contributed by atoms with van der Waals surface area (Å²) in [5, 5.41) is 46.0. The highest BCUT2D eigenvalue weighted by molar-refractivity contribution is 9.11. The number of ether oxygens (including phenoxy) is 2. The predicted octanol–water partition coefficient (Wildman–Crippen LogP) is 4.29. The minimum atomic E-state index is -0.527. The number of aliphatic hydroxyl groups excluding tert-OH is 1. The van der Waals surface area contributed by atoms with Gasteiger partial charge in [-0.2, -0.15) is 20.7 Å². The molecule has 3 heterocycles. The number of aromatic nitrogens is 4. The summed E-state index contributed by atoms with van der Waals surface area (Å²) >= 11 is 6.70. The summed E-state index contributed by atoms with van der Waals surface area (Å²) in [6.45, 7) is 4.92. The number of nitrogens with zero attached hydrogens (tertiary/aromatic N) is 6. The van der Waals surface area contributed by atoms with E-state index >= 15 is 0 Å². The van der Waals surface area contributed by atoms with Gasteiger partial charge in [0.2, 0.25) is 0 Å². The number of fused-ring (bicyclic) bond motifs is 2. The Bertz CT molecular complexity index is 1480. The molecule has 2 unspecified atom stereocenters. The second-order valence-electron chi connectivity index (χ2n) is 8.09. The minimum Gasteiger partial charge on any atom is -0.508 e. The van der Waals surface area contributed by atoms with Crippen LogP contribution in [-0.2, 0) is 18.8 Å². The molecule has 2 N–H and O–H groups in total. The average Bonchev–Trinajstić information content (AvgIpc) is 3.44. The van der Waals surface area contributed by atoms with Gasteiger partial charge in [-0.3, -0.25) is 9.36 Å². The Morgan fingerprint density at radius 3 is 1.97 bits per heavy atom. The van der Waals surface area contributed by atoms with Crippen LogP contribution in [-0.4, -0.2) is 55.2 Å². The number of halogens is 2. The molecule has 1 aliphatic heterocycles. The van der Waals surface area contributed by atoms with Gasteiger partial charge < -0.3 is 19.7 Å². The molecule has 0 radical (unpaired) electrons. The molecule has 2 aromatic heterocycles. The Kier molecular flexibility index (Phi) is 8.93. The van der Waals surface area contributed by atoms with E-state index in [4.69, 9.17) is 20.0 Å². The lowest BCUT2D eigenvalue weighted by atomic mass is 10.2. The Morgan fingerprint density at radius 1 is 1.06 bits per heavy atom. The van der Waals surface area contributed by atoms with Gasteiger partial charge in [0.05, 0.1) is 40.6 Å². The molecule has 1 fully saturated rings. The quantitative estimate of drug-likeness (QED) is 0.323. The fourth-order valence-electron chi connectivity index (χ4n) is 3.19. The van der Waals surface area contributed by atoms with Crippen molar-refractivity contribution in [2.24, 2.45) is 14.1 Å². The number of phenolic OH excluding ortho intramolecular Hbond substituents is 1. The van der Waals surface area contributed by atoms with E-state index in [1.807, 2.05) is 6.07 Å². The van der Waals surface area contributed by atoms with Crippen LogP contribution < -0.4 is 4.74 Å². The van der Waals surface area contributed by atoms with Gasteiger partial charge in [-0.05, 0) is 57.8 Å². The number of phenols is 1. The predicted molar refractivity (Wildman–Crippen MR) is 141 cm³/mol. The lowest BCUT2D eigenvalue weighted by Gasteiger charge is -2.09. The molecule has 10 nitrogen and oxygen atoms in total. The maximum Gasteiger partial charge on any atom is 0.171 e. The average molecular weight is 620 g/mol. The van der Waals surface area contributed by atoms with Crippen LogP contribution in [0.25, 0.3) is 21.8 Å². The van der Waals surface area contributed by atoms with Crippen LogP contribution >= 0.6 is 31.9 Å². The van der Waals surface area contributed by atoms with Crippen LogP contribution in [0.3, 0.4) is 0 Å². The molecule has 188 valence electrons. The van der Waals surface area contributed by atoms with E-state index in [1.54, 1.807) is 54.6 Å². The minimum absolute atomic E-state index is 0.150. The molecular weight excluding hydrogens is 596 g/mol. The standard InChI is InChI=1S/C12H12BrN3O2.C9H6BrN3O.C3H6O/c1-7(17)6-18-8-3-9(13)12-10(5-14)15-16(2)11(12)4-8;1-13-8-3-5(14)2-6(10)9(8)7(4-11)12-13;1-3-2-4-3/h3-4,7,17H,6H2,1-2H3;2-3,14H,1H3;3H,2H2,1H3. The molecule has 5 rings (SSSR count). The number of hydrogen-bond donors (Lipinski definition) is 2. The summed E-state index contributed by atoms with van der Waals surface area (Å²) < 4.78 is 14.8. The van der Waals surface area contributed by atoms with Crippen molar-refractivity contribution in [1.29, 1.82) is 10.5 Å². The number of benzene rings is 2. The van der Waals surface area contributed by atoms with E-state index in [9.17, 15) is 10.2 Å². The Balaban J connectivity index is 0.000000177. The van der Waals surface area contributed by atoms with Crippen molar-refractivity contribution in [2.45, 2.75) is 26.1 Å². The van der Waals surface area contributed by atoms with Gasteiger partial charge in [-0.25, -0.2) is 0 Å². The Hall–Kier alpha value is -3.16. The number of hydrogen-bond acceptors (Lipinski definition) is 8. The zero-order valence-electron chi connectivity index (χ0n) is 20.0. The van der Waals surface area contributed by atoms with E-state index in [0.29, 0.717) is 27.7 Å². The van der Waals surface area contributed by atoms with Crippen molar-refractivity contribution < 1.29 is 19.7 Å². The lowest BCUT2D eigenvalue weighted by Crippen LogP contribution is -2.12. The number of epoxide rings is 1. The molecule has 2 atom stereocenters. The van der Waals surface area contributed by atoms with Gasteiger partial charge in [0.15, 0.2) is 11.4 Å². The Labute approximate surface area is 224 Å². The third kappa shape index (κ3) is 6.53. The van der Waals surface area contributed by atoms with Gasteiger partial charge in [0.25, 0.3) is 0 Å². The first-order chi connectivity index (χ1) is 17.0. The van der Waals surface area contributed by atoms with Crippen molar-refractivity contribution in [3.05, 3.63) is 44.6 Å². The highest BCUT2D eigenvalue weighted by Crippen LogP contribution is 2.32. The number of nitriles is 2. The molecule has 12 heteroatoms. The maximum atomic E-state index is 9.36. The van der Waals surface area contributed by atoms with Crippen LogP contribution in [0.4, 0.5) is 0 Å². The highest BCUT2D eigenvalue weighted by Gasteiger charge is 2.14. The van der Waals surface area contributed by atoms with Gasteiger partial charge in [-0.15, -0.1) is 0 Å². The molecular formula is C24H24Br2N6O4. The first-order valence-corrected chi connectivity index (χ1v) is 12.4. The molecule has 0 aliphatic carbocycles. The smallest absolute Gasteiger partial charge is 0.171 e. The molecule has 0 amide bonds. The Morgan fingerprint density at radius 2 is 1.53 bits per heavy atom. The first kappa shape index (κ1) is 27.4. The van der Waals surface area contributed by atoms with Crippen LogP contribution in [0.15, 0.2) is 33.2 Å². The van der Waals surface area contributed by atoms with E-state index < -0.39 is 6.10 Å². The fourth-order valence-corrected chi connectivity index (χ4v) is 4.43. The van der Waals surface area contributed by atoms with Crippen molar-refractivity contribution >= 4 is 53.7 Å². The lowest BCUT2D eigenvalue weighted by molar-refractivity contribution is 0.123. The summed E-state index contributed by atoms with van der Waals surface area (Å²) in [6.07, 6.45) is 0.0562. The van der Waals surface area contributed by atoms with Crippen LogP contribution in [0.1, 0.15) is 25.2 Å². The van der Waals surface area contributed by atoms with E-state index in [1.165, 1.54) is 0 Å². The number of aryl methyl sites for hydroxylation is 2. The van der Waals surface area contributed by atoms with Gasteiger partial charge in [0.1, 0.15) is 30.2 Å². The maximum absolute atomic E-state index is 9.36. The molecule has 1 saturated heterocycles. The largest absolute Gasteiger partial charge is 0.508 e. The molecule has 0 spiro atoms. The van der Waals surface area contributed by atoms with Crippen LogP contribution in [0.5, 0.6) is 11.5 Å². The van der Waals surface area contributed by atoms with Gasteiger partial charge >= 0.3 is 0 Å². The molecule has 1 aliphatic rings. The normalized spacial score (nSPS) is 14.6. The first-order valence-electron chi connectivity index (χ1n) is 10.8. The topological polar surface area (TPSA) is 145 Å². The highest BCUT2D eigenvalue weighted by atomic mass is 79.9. The summed E-state index contributed by atoms with van der Waals surface area (Å²) in [4.78, 5) is 0. The van der Waals surface area contributed by atoms with E-state index in [0.717, 1.165) is 32.9 Å². The fraction of sp³-hybridized carbons (Fsp3) is 0.333. The van der Waals surface area contributed by atoms with Crippen LogP contribution in [0, 0.1) is 22.7 Å². The molecule has 0 saturated carbocycles. The van der Waals surface area contributed by atoms with E-state index in [2.05, 4.69) is 55.1 Å². The summed E-state index contributed by atoms with van der Waals surface area (Å²) in [5.41, 5.74) is 2.27. The monoisotopic (exact) mass is 618 g/mol. The second kappa shape index (κ2) is 11.7. The molecule has 4 aromatic rings. The van der Waals surface area contributed by atoms with Crippen LogP contribution in [0.2, 0.25) is 0 Å². The third-order valence-corrected chi connectivity index (χ3v) is 6.22. The van der Waals surface area contributed by atoms with E-state index in [-0.39, 0.29) is 12.4 Å². The van der Waals surface area contributed by atoms with Crippen molar-refractivity contribution in [2.75, 3.05) is 13.2 Å². The third-order valence-electron chi connectivity index (χ3n) is 4.97. The van der Waals surface area contributed by atoms with Crippen molar-refractivity contribution in [1.82, 2.24) is 19.6 Å². The zero-order chi connectivity index (χ0) is 26.6. The molecule has 0 bridgehead atoms. The summed E-state index contributed by atoms with van der Waals surface area (Å²) in [7, 11) is 3.50. The second-order valence-corrected chi connectivity index (χ2v) is 9.80. The molecule has 36 heavy (non-hydrogen) atoms. The van der Waals surface area contributed by atoms with Gasteiger partial charge in [-0.1, -0.05) is 0 Å². The number of aliphatic hydroxyl groups is 1. The SMILES string of the molecule is CC(O)COc1cc(Br)c2c(C#N)nn(C)c2c1.CC1CO1.Cn1nc(C#N)c2c(Br)cc(O)cc21. The summed E-state index contributed by atoms with van der Waals surface area (Å²) in [6, 6.07) is 10.8. The number of rotatable bonds is 3. The van der Waals surface area contributed by atoms with Crippen molar-refractivity contribution in [3.8, 4) is 23.6 Å². The van der Waals surface area contributed by atoms with Crippen molar-refractivity contribution in [3.63, 3.8) is 0 Å². The van der Waals surface area contributed by atoms with Gasteiger partial charge in [0, 0.05) is 35.2 Å². The molecule has 2 aromatic carbocycles. The summed E-state index contributed by atoms with van der Waals surface area (Å²) in [5.74, 6) is 0.777.